The largest absolute Gasteiger partial charge is 0.283 e. The first kappa shape index (κ1) is 20.8. The maximum absolute atomic E-state index is 13.7. The fourth-order valence-electron chi connectivity index (χ4n) is 4.43. The van der Waals surface area contributed by atoms with Crippen LogP contribution in [0.3, 0.4) is 0 Å². The lowest BCUT2D eigenvalue weighted by atomic mass is 9.97. The van der Waals surface area contributed by atoms with E-state index in [0.29, 0.717) is 17.1 Å². The van der Waals surface area contributed by atoms with Crippen molar-refractivity contribution in [1.82, 2.24) is 19.5 Å². The molecule has 8 heteroatoms. The van der Waals surface area contributed by atoms with Gasteiger partial charge in [0, 0.05) is 27.8 Å². The normalized spacial score (nSPS) is 13.5. The summed E-state index contributed by atoms with van der Waals surface area (Å²) in [6, 6.07) is 10.0. The monoisotopic (exact) mass is 488 g/mol. The Balaban J connectivity index is 1.52. The molecule has 0 unspecified atom stereocenters. The van der Waals surface area contributed by atoms with E-state index in [2.05, 4.69) is 16.5 Å². The summed E-state index contributed by atoms with van der Waals surface area (Å²) in [5.41, 5.74) is 3.29. The molecule has 6 rings (SSSR count). The lowest BCUT2D eigenvalue weighted by molar-refractivity contribution is 0.672. The molecule has 1 aliphatic rings. The maximum atomic E-state index is 13.7. The van der Waals surface area contributed by atoms with E-state index in [1.54, 1.807) is 28.3 Å². The van der Waals surface area contributed by atoms with Crippen LogP contribution in [0.1, 0.15) is 23.3 Å². The van der Waals surface area contributed by atoms with Crippen molar-refractivity contribution in [2.24, 2.45) is 0 Å². The Labute approximate surface area is 202 Å². The SMILES string of the molecule is C=CCn1c(Sc2ncnc3sc4c(c23)CCCC4)nc2scc(-c3ccccc3)c2c1=O. The van der Waals surface area contributed by atoms with Gasteiger partial charge in [-0.3, -0.25) is 9.36 Å². The van der Waals surface area contributed by atoms with Crippen LogP contribution in [0.5, 0.6) is 0 Å². The highest BCUT2D eigenvalue weighted by Gasteiger charge is 2.23. The average molecular weight is 489 g/mol. The molecule has 0 aliphatic heterocycles. The Hall–Kier alpha value is -2.81. The predicted molar refractivity (Wildman–Crippen MR) is 138 cm³/mol. The molecule has 0 fully saturated rings. The molecule has 164 valence electrons. The highest BCUT2D eigenvalue weighted by molar-refractivity contribution is 7.99. The van der Waals surface area contributed by atoms with Gasteiger partial charge in [0.2, 0.25) is 0 Å². The molecule has 0 atom stereocenters. The summed E-state index contributed by atoms with van der Waals surface area (Å²) in [6.45, 7) is 4.27. The van der Waals surface area contributed by atoms with Gasteiger partial charge in [-0.1, -0.05) is 36.4 Å². The van der Waals surface area contributed by atoms with Crippen LogP contribution in [0, 0.1) is 0 Å². The van der Waals surface area contributed by atoms with Crippen molar-refractivity contribution in [1.29, 1.82) is 0 Å². The third-order valence-electron chi connectivity index (χ3n) is 5.96. The van der Waals surface area contributed by atoms with Crippen LogP contribution in [0.15, 0.2) is 69.7 Å². The second-order valence-corrected chi connectivity index (χ2v) is 10.9. The topological polar surface area (TPSA) is 60.7 Å². The molecule has 0 amide bonds. The smallest absolute Gasteiger partial charge is 0.263 e. The van der Waals surface area contributed by atoms with Crippen LogP contribution in [0.25, 0.3) is 31.6 Å². The number of hydrogen-bond acceptors (Lipinski definition) is 7. The van der Waals surface area contributed by atoms with E-state index in [1.165, 1.54) is 46.4 Å². The van der Waals surface area contributed by atoms with Crippen LogP contribution in [0.4, 0.5) is 0 Å². The minimum absolute atomic E-state index is 0.0415. The van der Waals surface area contributed by atoms with E-state index in [9.17, 15) is 4.79 Å². The molecule has 33 heavy (non-hydrogen) atoms. The summed E-state index contributed by atoms with van der Waals surface area (Å²) < 4.78 is 1.71. The highest BCUT2D eigenvalue weighted by atomic mass is 32.2. The number of fused-ring (bicyclic) bond motifs is 4. The van der Waals surface area contributed by atoms with E-state index in [-0.39, 0.29) is 5.56 Å². The summed E-state index contributed by atoms with van der Waals surface area (Å²) in [5.74, 6) is 0. The summed E-state index contributed by atoms with van der Waals surface area (Å²) in [7, 11) is 0. The van der Waals surface area contributed by atoms with E-state index in [4.69, 9.17) is 4.98 Å². The summed E-state index contributed by atoms with van der Waals surface area (Å²) in [4.78, 5) is 31.0. The van der Waals surface area contributed by atoms with Crippen molar-refractivity contribution in [3.8, 4) is 11.1 Å². The second-order valence-electron chi connectivity index (χ2n) is 7.97. The summed E-state index contributed by atoms with van der Waals surface area (Å²) in [6.07, 6.45) is 7.97. The summed E-state index contributed by atoms with van der Waals surface area (Å²) >= 11 is 4.75. The zero-order valence-corrected chi connectivity index (χ0v) is 20.2. The highest BCUT2D eigenvalue weighted by Crippen LogP contribution is 2.41. The molecule has 5 nitrogen and oxygen atoms in total. The number of aromatic nitrogens is 4. The van der Waals surface area contributed by atoms with Gasteiger partial charge < -0.3 is 0 Å². The van der Waals surface area contributed by atoms with Crippen LogP contribution in [-0.2, 0) is 19.4 Å². The number of benzene rings is 1. The molecule has 4 aromatic heterocycles. The maximum Gasteiger partial charge on any atom is 0.263 e. The Kier molecular flexibility index (Phi) is 5.36. The minimum Gasteiger partial charge on any atom is -0.283 e. The number of allylic oxidation sites excluding steroid dienone is 1. The van der Waals surface area contributed by atoms with Crippen LogP contribution >= 0.6 is 34.4 Å². The number of thiophene rings is 2. The fourth-order valence-corrected chi connectivity index (χ4v) is 7.72. The molecule has 5 aromatic rings. The van der Waals surface area contributed by atoms with Crippen molar-refractivity contribution in [2.75, 3.05) is 0 Å². The van der Waals surface area contributed by atoms with Gasteiger partial charge >= 0.3 is 0 Å². The molecular formula is C25H20N4OS3. The van der Waals surface area contributed by atoms with E-state index >= 15 is 0 Å². The van der Waals surface area contributed by atoms with Gasteiger partial charge in [0.1, 0.15) is 21.0 Å². The van der Waals surface area contributed by atoms with Gasteiger partial charge in [-0.2, -0.15) is 0 Å². The van der Waals surface area contributed by atoms with Crippen LogP contribution in [-0.4, -0.2) is 19.5 Å². The van der Waals surface area contributed by atoms with Crippen molar-refractivity contribution in [3.05, 3.63) is 75.5 Å². The molecule has 0 saturated carbocycles. The van der Waals surface area contributed by atoms with Crippen molar-refractivity contribution in [2.45, 2.75) is 42.4 Å². The Bertz CT molecular complexity index is 1570. The van der Waals surface area contributed by atoms with Gasteiger partial charge in [0.15, 0.2) is 5.16 Å². The van der Waals surface area contributed by atoms with Gasteiger partial charge in [-0.15, -0.1) is 29.3 Å². The molecule has 0 bridgehead atoms. The van der Waals surface area contributed by atoms with E-state index < -0.39 is 0 Å². The molecule has 4 heterocycles. The van der Waals surface area contributed by atoms with Crippen molar-refractivity contribution >= 4 is 54.9 Å². The van der Waals surface area contributed by atoms with Gasteiger partial charge in [-0.05, 0) is 48.6 Å². The van der Waals surface area contributed by atoms with Gasteiger partial charge in [-0.25, -0.2) is 15.0 Å². The molecule has 1 aromatic carbocycles. The van der Waals surface area contributed by atoms with Crippen molar-refractivity contribution < 1.29 is 0 Å². The molecule has 1 aliphatic carbocycles. The third-order valence-corrected chi connectivity index (χ3v) is 9.03. The third kappa shape index (κ3) is 3.53. The molecular weight excluding hydrogens is 469 g/mol. The van der Waals surface area contributed by atoms with E-state index in [0.717, 1.165) is 44.0 Å². The lowest BCUT2D eigenvalue weighted by Crippen LogP contribution is -2.22. The predicted octanol–water partition coefficient (Wildman–Crippen LogP) is 6.35. The molecule has 0 N–H and O–H groups in total. The first-order valence-corrected chi connectivity index (χ1v) is 13.4. The van der Waals surface area contributed by atoms with Gasteiger partial charge in [0.05, 0.1) is 5.39 Å². The lowest BCUT2D eigenvalue weighted by Gasteiger charge is -2.13. The van der Waals surface area contributed by atoms with Crippen LogP contribution in [0.2, 0.25) is 0 Å². The molecule has 0 spiro atoms. The van der Waals surface area contributed by atoms with E-state index in [1.807, 2.05) is 35.7 Å². The second kappa shape index (κ2) is 8.52. The first-order chi connectivity index (χ1) is 16.2. The Morgan fingerprint density at radius 3 is 2.79 bits per heavy atom. The molecule has 0 saturated heterocycles. The zero-order valence-electron chi connectivity index (χ0n) is 17.8. The number of nitrogens with zero attached hydrogens (tertiary/aromatic N) is 4. The Morgan fingerprint density at radius 2 is 1.94 bits per heavy atom. The minimum atomic E-state index is -0.0415. The average Bonchev–Trinajstić information content (AvgIpc) is 3.44. The first-order valence-electron chi connectivity index (χ1n) is 10.9. The van der Waals surface area contributed by atoms with Crippen LogP contribution < -0.4 is 5.56 Å². The molecule has 0 radical (unpaired) electrons. The number of rotatable bonds is 5. The Morgan fingerprint density at radius 1 is 1.09 bits per heavy atom. The summed E-state index contributed by atoms with van der Waals surface area (Å²) in [5, 5.41) is 5.35. The quantitative estimate of drug-likeness (QED) is 0.164. The number of aryl methyl sites for hydroxylation is 2. The standard InChI is InChI=1S/C25H20N4OS3/c1-2-12-29-24(30)20-17(15-8-4-3-5-9-15)13-31-23(20)28-25(29)33-22-19-16-10-6-7-11-18(16)32-21(19)26-14-27-22/h2-5,8-9,13-14H,1,6-7,10-12H2. The van der Waals surface area contributed by atoms with Crippen molar-refractivity contribution in [3.63, 3.8) is 0 Å². The zero-order chi connectivity index (χ0) is 22.4. The fraction of sp³-hybridized carbons (Fsp3) is 0.200. The van der Waals surface area contributed by atoms with Gasteiger partial charge in [0.25, 0.3) is 5.56 Å². The number of hydrogen-bond donors (Lipinski definition) is 0.